The molecule has 0 spiro atoms. The number of fused-ring (bicyclic) bond motifs is 1. The summed E-state index contributed by atoms with van der Waals surface area (Å²) in [5.74, 6) is 2.42. The fourth-order valence-electron chi connectivity index (χ4n) is 4.10. The average Bonchev–Trinajstić information content (AvgIpc) is 2.75. The number of rotatable bonds is 1. The molecule has 2 saturated carbocycles. The van der Waals surface area contributed by atoms with Gasteiger partial charge in [-0.2, -0.15) is 0 Å². The van der Waals surface area contributed by atoms with Gasteiger partial charge in [-0.1, -0.05) is 19.3 Å². The largest absolute Gasteiger partial charge is 0.298 e. The SMILES string of the molecule is O=C1CCCC1N1CCC2CCCCC2C1. The van der Waals surface area contributed by atoms with Gasteiger partial charge in [0.2, 0.25) is 0 Å². The van der Waals surface area contributed by atoms with Crippen molar-refractivity contribution < 1.29 is 4.79 Å². The van der Waals surface area contributed by atoms with Crippen LogP contribution in [0.15, 0.2) is 0 Å². The summed E-state index contributed by atoms with van der Waals surface area (Å²) in [6, 6.07) is 0.308. The summed E-state index contributed by atoms with van der Waals surface area (Å²) in [5.41, 5.74) is 0. The highest BCUT2D eigenvalue weighted by atomic mass is 16.1. The molecule has 3 atom stereocenters. The fourth-order valence-corrected chi connectivity index (χ4v) is 4.10. The predicted octanol–water partition coefficient (Wildman–Crippen LogP) is 2.62. The van der Waals surface area contributed by atoms with Gasteiger partial charge in [-0.25, -0.2) is 0 Å². The minimum Gasteiger partial charge on any atom is -0.298 e. The van der Waals surface area contributed by atoms with Gasteiger partial charge in [0.1, 0.15) is 5.78 Å². The van der Waals surface area contributed by atoms with Crippen molar-refractivity contribution in [3.63, 3.8) is 0 Å². The van der Waals surface area contributed by atoms with Crippen LogP contribution < -0.4 is 0 Å². The Morgan fingerprint density at radius 1 is 0.938 bits per heavy atom. The first kappa shape index (κ1) is 10.8. The van der Waals surface area contributed by atoms with E-state index in [2.05, 4.69) is 4.90 Å². The van der Waals surface area contributed by atoms with Gasteiger partial charge in [-0.05, 0) is 44.1 Å². The Hall–Kier alpha value is -0.370. The Morgan fingerprint density at radius 2 is 1.75 bits per heavy atom. The standard InChI is InChI=1S/C14H23NO/c16-14-7-3-6-13(14)15-9-8-11-4-1-2-5-12(11)10-15/h11-13H,1-10H2. The van der Waals surface area contributed by atoms with Crippen LogP contribution in [0.4, 0.5) is 0 Å². The third-order valence-corrected chi connectivity index (χ3v) is 5.04. The van der Waals surface area contributed by atoms with E-state index in [1.807, 2.05) is 0 Å². The van der Waals surface area contributed by atoms with Crippen LogP contribution in [0.2, 0.25) is 0 Å². The molecule has 2 aliphatic carbocycles. The number of ketones is 1. The van der Waals surface area contributed by atoms with Gasteiger partial charge in [0.05, 0.1) is 6.04 Å². The first-order valence-electron chi connectivity index (χ1n) is 7.11. The second-order valence-electron chi connectivity index (χ2n) is 5.96. The normalized spacial score (nSPS) is 41.0. The first-order valence-corrected chi connectivity index (χ1v) is 7.11. The molecule has 3 aliphatic rings. The van der Waals surface area contributed by atoms with E-state index < -0.39 is 0 Å². The summed E-state index contributed by atoms with van der Waals surface area (Å²) in [7, 11) is 0. The Bertz CT molecular complexity index is 276. The van der Waals surface area contributed by atoms with E-state index >= 15 is 0 Å². The van der Waals surface area contributed by atoms with E-state index in [1.54, 1.807) is 0 Å². The quantitative estimate of drug-likeness (QED) is 0.678. The topological polar surface area (TPSA) is 20.3 Å². The van der Waals surface area contributed by atoms with Crippen LogP contribution >= 0.6 is 0 Å². The Kier molecular flexibility index (Phi) is 3.01. The van der Waals surface area contributed by atoms with Crippen LogP contribution in [-0.4, -0.2) is 29.8 Å². The lowest BCUT2D eigenvalue weighted by atomic mass is 9.75. The molecule has 3 unspecified atom stereocenters. The van der Waals surface area contributed by atoms with Crippen LogP contribution in [0.5, 0.6) is 0 Å². The Labute approximate surface area is 98.4 Å². The summed E-state index contributed by atoms with van der Waals surface area (Å²) in [4.78, 5) is 14.3. The number of piperidine rings is 1. The van der Waals surface area contributed by atoms with Crippen molar-refractivity contribution in [2.45, 2.75) is 57.4 Å². The van der Waals surface area contributed by atoms with Crippen molar-refractivity contribution in [3.8, 4) is 0 Å². The lowest BCUT2D eigenvalue weighted by Gasteiger charge is -2.43. The van der Waals surface area contributed by atoms with Gasteiger partial charge in [0.25, 0.3) is 0 Å². The maximum absolute atomic E-state index is 11.8. The van der Waals surface area contributed by atoms with Crippen LogP contribution in [0.1, 0.15) is 51.4 Å². The molecule has 2 heteroatoms. The van der Waals surface area contributed by atoms with E-state index in [-0.39, 0.29) is 0 Å². The molecule has 1 heterocycles. The molecule has 2 nitrogen and oxygen atoms in total. The second kappa shape index (κ2) is 4.48. The zero-order chi connectivity index (χ0) is 11.0. The van der Waals surface area contributed by atoms with Gasteiger partial charge in [0.15, 0.2) is 0 Å². The molecule has 0 radical (unpaired) electrons. The number of carbonyl (C=O) groups is 1. The van der Waals surface area contributed by atoms with E-state index in [0.29, 0.717) is 11.8 Å². The minimum atomic E-state index is 0.308. The zero-order valence-corrected chi connectivity index (χ0v) is 10.2. The van der Waals surface area contributed by atoms with Crippen LogP contribution in [-0.2, 0) is 4.79 Å². The van der Waals surface area contributed by atoms with Crippen molar-refractivity contribution in [3.05, 3.63) is 0 Å². The molecule has 0 N–H and O–H groups in total. The summed E-state index contributed by atoms with van der Waals surface area (Å²) < 4.78 is 0. The van der Waals surface area contributed by atoms with Crippen molar-refractivity contribution in [1.82, 2.24) is 4.90 Å². The second-order valence-corrected chi connectivity index (χ2v) is 5.96. The number of likely N-dealkylation sites (tertiary alicyclic amines) is 1. The summed E-state index contributed by atoms with van der Waals surface area (Å²) in [6.45, 7) is 2.42. The zero-order valence-electron chi connectivity index (χ0n) is 10.2. The molecule has 0 bridgehead atoms. The average molecular weight is 221 g/mol. The third kappa shape index (κ3) is 1.92. The first-order chi connectivity index (χ1) is 7.84. The maximum Gasteiger partial charge on any atom is 0.149 e. The van der Waals surface area contributed by atoms with E-state index in [1.165, 1.54) is 45.2 Å². The molecule has 0 aromatic carbocycles. The molecule has 0 amide bonds. The highest BCUT2D eigenvalue weighted by Gasteiger charge is 2.37. The third-order valence-electron chi connectivity index (χ3n) is 5.04. The van der Waals surface area contributed by atoms with Crippen molar-refractivity contribution >= 4 is 5.78 Å². The van der Waals surface area contributed by atoms with E-state index in [9.17, 15) is 4.79 Å². The smallest absolute Gasteiger partial charge is 0.149 e. The number of hydrogen-bond donors (Lipinski definition) is 0. The van der Waals surface area contributed by atoms with E-state index in [0.717, 1.165) is 31.1 Å². The summed E-state index contributed by atoms with van der Waals surface area (Å²) >= 11 is 0. The Balaban J connectivity index is 1.63. The van der Waals surface area contributed by atoms with Gasteiger partial charge in [-0.3, -0.25) is 9.69 Å². The highest BCUT2D eigenvalue weighted by Crippen LogP contribution is 2.37. The molecule has 16 heavy (non-hydrogen) atoms. The monoisotopic (exact) mass is 221 g/mol. The number of nitrogens with zero attached hydrogens (tertiary/aromatic N) is 1. The number of hydrogen-bond acceptors (Lipinski definition) is 2. The molecule has 0 aromatic rings. The summed E-state index contributed by atoms with van der Waals surface area (Å²) in [5, 5.41) is 0. The molecule has 1 aliphatic heterocycles. The molecule has 1 saturated heterocycles. The predicted molar refractivity (Wildman–Crippen MR) is 64.3 cm³/mol. The molecule has 3 fully saturated rings. The lowest BCUT2D eigenvalue weighted by Crippen LogP contribution is -2.48. The van der Waals surface area contributed by atoms with Crippen molar-refractivity contribution in [2.24, 2.45) is 11.8 Å². The maximum atomic E-state index is 11.8. The fraction of sp³-hybridized carbons (Fsp3) is 0.929. The van der Waals surface area contributed by atoms with Crippen molar-refractivity contribution in [2.75, 3.05) is 13.1 Å². The van der Waals surface area contributed by atoms with Gasteiger partial charge < -0.3 is 0 Å². The molecular formula is C14H23NO. The molecule has 90 valence electrons. The Morgan fingerprint density at radius 3 is 2.50 bits per heavy atom. The number of carbonyl (C=O) groups excluding carboxylic acids is 1. The lowest BCUT2D eigenvalue weighted by molar-refractivity contribution is -0.123. The molecule has 3 rings (SSSR count). The highest BCUT2D eigenvalue weighted by molar-refractivity contribution is 5.85. The van der Waals surface area contributed by atoms with Crippen LogP contribution in [0.3, 0.4) is 0 Å². The summed E-state index contributed by atoms with van der Waals surface area (Å²) in [6.07, 6.45) is 10.2. The van der Waals surface area contributed by atoms with Crippen molar-refractivity contribution in [1.29, 1.82) is 0 Å². The molecular weight excluding hydrogens is 198 g/mol. The number of Topliss-reactive ketones (excluding diaryl/α,β-unsaturated/α-hetero) is 1. The van der Waals surface area contributed by atoms with Crippen LogP contribution in [0.25, 0.3) is 0 Å². The van der Waals surface area contributed by atoms with Crippen LogP contribution in [0, 0.1) is 11.8 Å². The minimum absolute atomic E-state index is 0.308. The van der Waals surface area contributed by atoms with Gasteiger partial charge in [-0.15, -0.1) is 0 Å². The van der Waals surface area contributed by atoms with Gasteiger partial charge in [0, 0.05) is 13.0 Å². The van der Waals surface area contributed by atoms with E-state index in [4.69, 9.17) is 0 Å². The van der Waals surface area contributed by atoms with Gasteiger partial charge >= 0.3 is 0 Å². The molecule has 0 aromatic heterocycles.